The van der Waals surface area contributed by atoms with E-state index in [1.54, 1.807) is 0 Å². The maximum Gasteiger partial charge on any atom is 0.299 e. The molecule has 0 aliphatic carbocycles. The molecule has 0 fully saturated rings. The third kappa shape index (κ3) is 2.50. The van der Waals surface area contributed by atoms with Gasteiger partial charge in [-0.05, 0) is 6.07 Å². The van der Waals surface area contributed by atoms with Crippen LogP contribution in [0.3, 0.4) is 0 Å². The van der Waals surface area contributed by atoms with Gasteiger partial charge in [-0.15, -0.1) is 0 Å². The van der Waals surface area contributed by atoms with Crippen molar-refractivity contribution >= 4 is 23.3 Å². The molecule has 1 aromatic rings. The molecule has 83 valence electrons. The summed E-state index contributed by atoms with van der Waals surface area (Å²) >= 11 is 0. The molecule has 1 rings (SSSR count). The predicted molar refractivity (Wildman–Crippen MR) is 53.9 cm³/mol. The lowest BCUT2D eigenvalue weighted by Gasteiger charge is -2.02. The molecule has 1 aromatic carbocycles. The summed E-state index contributed by atoms with van der Waals surface area (Å²) in [4.78, 5) is 29.5. The minimum absolute atomic E-state index is 0.0407. The molecule has 1 N–H and O–H groups in total. The summed E-state index contributed by atoms with van der Waals surface area (Å²) < 4.78 is 0. The van der Waals surface area contributed by atoms with Gasteiger partial charge in [-0.2, -0.15) is 0 Å². The lowest BCUT2D eigenvalue weighted by Crippen LogP contribution is -2.05. The number of benzene rings is 1. The molecular formula is C8H6N3O5. The summed E-state index contributed by atoms with van der Waals surface area (Å²) in [5, 5.41) is 23.4. The van der Waals surface area contributed by atoms with Gasteiger partial charge in [-0.1, -0.05) is 0 Å². The van der Waals surface area contributed by atoms with Crippen LogP contribution >= 0.6 is 0 Å². The highest BCUT2D eigenvalue weighted by molar-refractivity contribution is 5.69. The topological polar surface area (TPSA) is 115 Å². The molecule has 8 heteroatoms. The molecule has 0 atom stereocenters. The van der Waals surface area contributed by atoms with E-state index in [0.717, 1.165) is 12.1 Å². The molecular weight excluding hydrogens is 218 g/mol. The largest absolute Gasteiger partial charge is 0.372 e. The van der Waals surface area contributed by atoms with Crippen LogP contribution in [0.2, 0.25) is 0 Å². The minimum Gasteiger partial charge on any atom is -0.372 e. The average molecular weight is 224 g/mol. The molecule has 0 heterocycles. The molecule has 8 nitrogen and oxygen atoms in total. The van der Waals surface area contributed by atoms with Crippen LogP contribution < -0.4 is 5.32 Å². The first-order valence-corrected chi connectivity index (χ1v) is 4.08. The zero-order chi connectivity index (χ0) is 12.1. The third-order valence-electron chi connectivity index (χ3n) is 1.74. The second kappa shape index (κ2) is 4.82. The Kier molecular flexibility index (Phi) is 3.49. The number of nitro benzene ring substituents is 2. The smallest absolute Gasteiger partial charge is 0.299 e. The Morgan fingerprint density at radius 3 is 2.44 bits per heavy atom. The van der Waals surface area contributed by atoms with Crippen molar-refractivity contribution in [3.8, 4) is 0 Å². The first-order chi connectivity index (χ1) is 7.56. The van der Waals surface area contributed by atoms with Crippen LogP contribution in [0.1, 0.15) is 0 Å². The fourth-order valence-electron chi connectivity index (χ4n) is 1.07. The number of hydrogen-bond acceptors (Lipinski definition) is 6. The van der Waals surface area contributed by atoms with Crippen molar-refractivity contribution < 1.29 is 14.6 Å². The molecule has 0 amide bonds. The van der Waals surface area contributed by atoms with Crippen LogP contribution in [0, 0.1) is 20.2 Å². The van der Waals surface area contributed by atoms with Gasteiger partial charge < -0.3 is 5.32 Å². The highest BCUT2D eigenvalue weighted by atomic mass is 16.6. The maximum absolute atomic E-state index is 10.6. The summed E-state index contributed by atoms with van der Waals surface area (Å²) in [5.74, 6) is 0. The van der Waals surface area contributed by atoms with Crippen LogP contribution in [0.25, 0.3) is 0 Å². The van der Waals surface area contributed by atoms with E-state index in [2.05, 4.69) is 5.32 Å². The lowest BCUT2D eigenvalue weighted by atomic mass is 10.2. The van der Waals surface area contributed by atoms with Crippen molar-refractivity contribution in [3.63, 3.8) is 0 Å². The standard InChI is InChI=1S/C8H6N3O5/c12-4-3-9-7-2-1-6(10(13)14)5-8(7)11(15)16/h1-2,5,9H,3H2. The molecule has 0 aliphatic rings. The fourth-order valence-corrected chi connectivity index (χ4v) is 1.07. The normalized spacial score (nSPS) is 9.50. The summed E-state index contributed by atoms with van der Waals surface area (Å²) in [6, 6.07) is 3.11. The van der Waals surface area contributed by atoms with E-state index in [4.69, 9.17) is 0 Å². The summed E-state index contributed by atoms with van der Waals surface area (Å²) in [7, 11) is 0. The molecule has 0 saturated carbocycles. The van der Waals surface area contributed by atoms with Gasteiger partial charge in [0.1, 0.15) is 5.69 Å². The minimum atomic E-state index is -0.764. The first-order valence-electron chi connectivity index (χ1n) is 4.08. The highest BCUT2D eigenvalue weighted by Crippen LogP contribution is 2.28. The average Bonchev–Trinajstić information content (AvgIpc) is 2.25. The first kappa shape index (κ1) is 11.6. The highest BCUT2D eigenvalue weighted by Gasteiger charge is 2.18. The predicted octanol–water partition coefficient (Wildman–Crippen LogP) is 1.02. The molecule has 0 spiro atoms. The van der Waals surface area contributed by atoms with Crippen LogP contribution in [-0.4, -0.2) is 22.7 Å². The summed E-state index contributed by atoms with van der Waals surface area (Å²) in [5.41, 5.74) is -0.796. The fraction of sp³-hybridized carbons (Fsp3) is 0.125. The van der Waals surface area contributed by atoms with Gasteiger partial charge >= 0.3 is 0 Å². The van der Waals surface area contributed by atoms with Gasteiger partial charge in [-0.3, -0.25) is 25.0 Å². The second-order valence-corrected chi connectivity index (χ2v) is 2.71. The summed E-state index contributed by atoms with van der Waals surface area (Å²) in [6.07, 6.45) is 1.50. The van der Waals surface area contributed by atoms with E-state index in [0.29, 0.717) is 0 Å². The number of rotatable bonds is 5. The molecule has 1 radical (unpaired) electrons. The molecule has 0 bridgehead atoms. The Labute approximate surface area is 89.2 Å². The number of nitrogens with one attached hydrogen (secondary N) is 1. The Morgan fingerprint density at radius 2 is 1.94 bits per heavy atom. The van der Waals surface area contributed by atoms with Crippen LogP contribution in [0.5, 0.6) is 0 Å². The van der Waals surface area contributed by atoms with Crippen LogP contribution in [0.4, 0.5) is 17.1 Å². The molecule has 0 saturated heterocycles. The van der Waals surface area contributed by atoms with E-state index in [1.807, 2.05) is 0 Å². The SMILES string of the molecule is O=[C]CNc1ccc([N+](=O)[O-])cc1[N+](=O)[O-]. The van der Waals surface area contributed by atoms with Crippen molar-refractivity contribution in [1.82, 2.24) is 0 Å². The molecule has 0 aliphatic heterocycles. The van der Waals surface area contributed by atoms with E-state index >= 15 is 0 Å². The molecule has 0 unspecified atom stereocenters. The number of carbonyl (C=O) groups excluding carboxylic acids is 1. The van der Waals surface area contributed by atoms with E-state index in [-0.39, 0.29) is 17.9 Å². The van der Waals surface area contributed by atoms with Crippen molar-refractivity contribution in [2.24, 2.45) is 0 Å². The van der Waals surface area contributed by atoms with Gasteiger partial charge in [0.25, 0.3) is 11.4 Å². The third-order valence-corrected chi connectivity index (χ3v) is 1.74. The zero-order valence-corrected chi connectivity index (χ0v) is 7.87. The van der Waals surface area contributed by atoms with Gasteiger partial charge in [0.2, 0.25) is 6.29 Å². The number of non-ortho nitro benzene ring substituents is 1. The molecule has 16 heavy (non-hydrogen) atoms. The van der Waals surface area contributed by atoms with Crippen LogP contribution in [-0.2, 0) is 4.79 Å². The van der Waals surface area contributed by atoms with Crippen molar-refractivity contribution in [2.75, 3.05) is 11.9 Å². The van der Waals surface area contributed by atoms with Crippen molar-refractivity contribution in [3.05, 3.63) is 38.4 Å². The number of nitro groups is 2. The number of anilines is 1. The Balaban J connectivity index is 3.13. The van der Waals surface area contributed by atoms with Crippen LogP contribution in [0.15, 0.2) is 18.2 Å². The second-order valence-electron chi connectivity index (χ2n) is 2.71. The maximum atomic E-state index is 10.6. The molecule has 0 aromatic heterocycles. The quantitative estimate of drug-likeness (QED) is 0.589. The summed E-state index contributed by atoms with van der Waals surface area (Å²) in [6.45, 7) is -0.224. The lowest BCUT2D eigenvalue weighted by molar-refractivity contribution is -0.393. The van der Waals surface area contributed by atoms with E-state index < -0.39 is 15.5 Å². The van der Waals surface area contributed by atoms with E-state index in [1.165, 1.54) is 12.4 Å². The van der Waals surface area contributed by atoms with Gasteiger partial charge in [-0.25, -0.2) is 0 Å². The Morgan fingerprint density at radius 1 is 1.25 bits per heavy atom. The monoisotopic (exact) mass is 224 g/mol. The van der Waals surface area contributed by atoms with Gasteiger partial charge in [0.05, 0.1) is 22.5 Å². The van der Waals surface area contributed by atoms with Crippen molar-refractivity contribution in [2.45, 2.75) is 0 Å². The van der Waals surface area contributed by atoms with E-state index in [9.17, 15) is 25.0 Å². The Hall–Kier alpha value is -2.51. The van der Waals surface area contributed by atoms with Gasteiger partial charge in [0, 0.05) is 6.07 Å². The van der Waals surface area contributed by atoms with Gasteiger partial charge in [0.15, 0.2) is 0 Å². The number of nitrogens with zero attached hydrogens (tertiary/aromatic N) is 2. The zero-order valence-electron chi connectivity index (χ0n) is 7.87. The Bertz CT molecular complexity index is 445. The van der Waals surface area contributed by atoms with Crippen molar-refractivity contribution in [1.29, 1.82) is 0 Å². The number of hydrogen-bond donors (Lipinski definition) is 1.